The molecular formula is C15H12BrCl2NS. The van der Waals surface area contributed by atoms with Gasteiger partial charge in [0.2, 0.25) is 0 Å². The average molecular weight is 389 g/mol. The van der Waals surface area contributed by atoms with Crippen molar-refractivity contribution in [2.75, 3.05) is 0 Å². The van der Waals surface area contributed by atoms with E-state index < -0.39 is 0 Å². The number of halogens is 3. The molecular weight excluding hydrogens is 377 g/mol. The first kappa shape index (κ1) is 15.8. The zero-order valence-corrected chi connectivity index (χ0v) is 14.3. The van der Waals surface area contributed by atoms with Gasteiger partial charge in [-0.2, -0.15) is 0 Å². The molecule has 1 atom stereocenters. The summed E-state index contributed by atoms with van der Waals surface area (Å²) in [5, 5.41) is 1.92. The molecule has 0 spiro atoms. The number of nitrogens with two attached hydrogens (primary N) is 1. The number of rotatable bonds is 2. The van der Waals surface area contributed by atoms with Crippen molar-refractivity contribution < 1.29 is 0 Å². The van der Waals surface area contributed by atoms with Crippen LogP contribution in [-0.4, -0.2) is 0 Å². The Hall–Kier alpha value is -0.580. The van der Waals surface area contributed by atoms with E-state index in [0.29, 0.717) is 5.02 Å². The first-order valence-corrected chi connectivity index (χ1v) is 7.83. The Morgan fingerprint density at radius 3 is 2.55 bits per heavy atom. The van der Waals surface area contributed by atoms with Crippen LogP contribution in [0.4, 0.5) is 0 Å². The number of hydrogen-bond acceptors (Lipinski definition) is 2. The van der Waals surface area contributed by atoms with E-state index in [0.717, 1.165) is 14.9 Å². The van der Waals surface area contributed by atoms with Crippen LogP contribution >= 0.6 is 51.3 Å². The largest absolute Gasteiger partial charge is 0.320 e. The molecule has 0 fully saturated rings. The van der Waals surface area contributed by atoms with Gasteiger partial charge in [0.25, 0.3) is 0 Å². The number of thiophene rings is 1. The first-order valence-electron chi connectivity index (χ1n) is 5.85. The van der Waals surface area contributed by atoms with Crippen LogP contribution in [0.2, 0.25) is 5.02 Å². The molecule has 2 aromatic carbocycles. The normalized spacial score (nSPS) is 12.2. The van der Waals surface area contributed by atoms with Gasteiger partial charge < -0.3 is 5.73 Å². The third-order valence-corrected chi connectivity index (χ3v) is 5.60. The van der Waals surface area contributed by atoms with E-state index in [1.54, 1.807) is 11.3 Å². The van der Waals surface area contributed by atoms with E-state index in [4.69, 9.17) is 17.3 Å². The summed E-state index contributed by atoms with van der Waals surface area (Å²) in [5.74, 6) is 0. The van der Waals surface area contributed by atoms with Crippen LogP contribution in [-0.2, 0) is 0 Å². The van der Waals surface area contributed by atoms with E-state index in [-0.39, 0.29) is 18.4 Å². The van der Waals surface area contributed by atoms with Crippen molar-refractivity contribution in [1.29, 1.82) is 0 Å². The van der Waals surface area contributed by atoms with Crippen molar-refractivity contribution in [3.05, 3.63) is 68.5 Å². The molecule has 1 aromatic heterocycles. The maximum atomic E-state index is 6.34. The predicted molar refractivity (Wildman–Crippen MR) is 94.3 cm³/mol. The maximum Gasteiger partial charge on any atom is 0.0661 e. The van der Waals surface area contributed by atoms with Gasteiger partial charge in [0.05, 0.1) is 6.04 Å². The summed E-state index contributed by atoms with van der Waals surface area (Å²) in [6, 6.07) is 15.9. The summed E-state index contributed by atoms with van der Waals surface area (Å²) < 4.78 is 2.33. The fourth-order valence-corrected chi connectivity index (χ4v) is 4.04. The SMILES string of the molecule is Cl.N[C@@H](c1cc2cccc(Br)c2s1)c1ccccc1Cl. The average Bonchev–Trinajstić information content (AvgIpc) is 2.84. The molecule has 5 heteroatoms. The minimum absolute atomic E-state index is 0. The van der Waals surface area contributed by atoms with Crippen LogP contribution in [0.25, 0.3) is 10.1 Å². The lowest BCUT2D eigenvalue weighted by atomic mass is 10.1. The molecule has 0 aliphatic carbocycles. The molecule has 0 saturated heterocycles. The zero-order chi connectivity index (χ0) is 13.4. The summed E-state index contributed by atoms with van der Waals surface area (Å²) in [5.41, 5.74) is 7.31. The molecule has 0 aliphatic rings. The van der Waals surface area contributed by atoms with Crippen molar-refractivity contribution in [1.82, 2.24) is 0 Å². The van der Waals surface area contributed by atoms with Crippen molar-refractivity contribution in [2.24, 2.45) is 5.73 Å². The maximum absolute atomic E-state index is 6.34. The van der Waals surface area contributed by atoms with Crippen molar-refractivity contribution >= 4 is 61.4 Å². The monoisotopic (exact) mass is 387 g/mol. The van der Waals surface area contributed by atoms with Crippen LogP contribution in [0.1, 0.15) is 16.5 Å². The molecule has 20 heavy (non-hydrogen) atoms. The molecule has 104 valence electrons. The summed E-state index contributed by atoms with van der Waals surface area (Å²) >= 11 is 11.5. The Kier molecular flexibility index (Phi) is 5.10. The van der Waals surface area contributed by atoms with Gasteiger partial charge in [-0.3, -0.25) is 0 Å². The van der Waals surface area contributed by atoms with Crippen LogP contribution in [0, 0.1) is 0 Å². The fourth-order valence-electron chi connectivity index (χ4n) is 2.08. The van der Waals surface area contributed by atoms with Crippen LogP contribution in [0.15, 0.2) is 53.0 Å². The summed E-state index contributed by atoms with van der Waals surface area (Å²) in [6.07, 6.45) is 0. The number of fused-ring (bicyclic) bond motifs is 1. The Morgan fingerprint density at radius 1 is 1.10 bits per heavy atom. The van der Waals surface area contributed by atoms with E-state index >= 15 is 0 Å². The molecule has 3 aromatic rings. The molecule has 0 aliphatic heterocycles. The molecule has 0 amide bonds. The standard InChI is InChI=1S/C15H11BrClNS.ClH/c16-11-6-3-4-9-8-13(19-15(9)11)14(18)10-5-1-2-7-12(10)17;/h1-8,14H,18H2;1H/t14-;/m1./s1. The van der Waals surface area contributed by atoms with E-state index in [1.165, 1.54) is 10.1 Å². The van der Waals surface area contributed by atoms with E-state index in [9.17, 15) is 0 Å². The molecule has 0 bridgehead atoms. The van der Waals surface area contributed by atoms with Crippen LogP contribution in [0.3, 0.4) is 0 Å². The molecule has 0 saturated carbocycles. The van der Waals surface area contributed by atoms with Crippen LogP contribution < -0.4 is 5.73 Å². The summed E-state index contributed by atoms with van der Waals surface area (Å²) in [7, 11) is 0. The highest BCUT2D eigenvalue weighted by atomic mass is 79.9. The highest BCUT2D eigenvalue weighted by Gasteiger charge is 2.15. The Morgan fingerprint density at radius 2 is 1.85 bits per heavy atom. The Bertz CT molecular complexity index is 742. The number of hydrogen-bond donors (Lipinski definition) is 1. The van der Waals surface area contributed by atoms with Crippen molar-refractivity contribution in [3.63, 3.8) is 0 Å². The second-order valence-electron chi connectivity index (χ2n) is 4.31. The highest BCUT2D eigenvalue weighted by Crippen LogP contribution is 2.37. The van der Waals surface area contributed by atoms with Gasteiger partial charge in [-0.15, -0.1) is 23.7 Å². The van der Waals surface area contributed by atoms with Gasteiger partial charge in [-0.05, 0) is 45.1 Å². The second-order valence-corrected chi connectivity index (χ2v) is 6.65. The first-order chi connectivity index (χ1) is 9.16. The Labute approximate surface area is 141 Å². The lowest BCUT2D eigenvalue weighted by molar-refractivity contribution is 0.894. The lowest BCUT2D eigenvalue weighted by Gasteiger charge is -2.11. The molecule has 1 heterocycles. The topological polar surface area (TPSA) is 26.0 Å². The minimum Gasteiger partial charge on any atom is -0.320 e. The number of benzene rings is 2. The minimum atomic E-state index is -0.182. The fraction of sp³-hybridized carbons (Fsp3) is 0.0667. The van der Waals surface area contributed by atoms with E-state index in [1.807, 2.05) is 36.4 Å². The quantitative estimate of drug-likeness (QED) is 0.590. The second kappa shape index (κ2) is 6.46. The third-order valence-electron chi connectivity index (χ3n) is 3.06. The summed E-state index contributed by atoms with van der Waals surface area (Å²) in [6.45, 7) is 0. The summed E-state index contributed by atoms with van der Waals surface area (Å²) in [4.78, 5) is 1.12. The zero-order valence-electron chi connectivity index (χ0n) is 10.3. The van der Waals surface area contributed by atoms with Crippen molar-refractivity contribution in [3.8, 4) is 0 Å². The Balaban J connectivity index is 0.00000147. The smallest absolute Gasteiger partial charge is 0.0661 e. The lowest BCUT2D eigenvalue weighted by Crippen LogP contribution is -2.10. The van der Waals surface area contributed by atoms with Gasteiger partial charge >= 0.3 is 0 Å². The third kappa shape index (κ3) is 2.87. The van der Waals surface area contributed by atoms with Crippen molar-refractivity contribution in [2.45, 2.75) is 6.04 Å². The highest BCUT2D eigenvalue weighted by molar-refractivity contribution is 9.10. The van der Waals surface area contributed by atoms with Gasteiger partial charge in [-0.25, -0.2) is 0 Å². The van der Waals surface area contributed by atoms with Gasteiger partial charge in [0.1, 0.15) is 0 Å². The molecule has 3 rings (SSSR count). The van der Waals surface area contributed by atoms with E-state index in [2.05, 4.69) is 28.1 Å². The van der Waals surface area contributed by atoms with Crippen LogP contribution in [0.5, 0.6) is 0 Å². The molecule has 2 N–H and O–H groups in total. The molecule has 1 nitrogen and oxygen atoms in total. The van der Waals surface area contributed by atoms with Gasteiger partial charge in [0, 0.05) is 19.1 Å². The molecule has 0 radical (unpaired) electrons. The van der Waals surface area contributed by atoms with Gasteiger partial charge in [-0.1, -0.05) is 41.9 Å². The predicted octanol–water partition coefficient (Wildman–Crippen LogP) is 5.79. The van der Waals surface area contributed by atoms with Gasteiger partial charge in [0.15, 0.2) is 0 Å². The molecule has 0 unspecified atom stereocenters.